The summed E-state index contributed by atoms with van der Waals surface area (Å²) < 4.78 is 5.19. The van der Waals surface area contributed by atoms with Crippen molar-refractivity contribution in [3.8, 4) is 0 Å². The minimum absolute atomic E-state index is 0.482. The van der Waals surface area contributed by atoms with E-state index in [2.05, 4.69) is 17.1 Å². The van der Waals surface area contributed by atoms with Crippen LogP contribution in [-0.2, 0) is 4.74 Å². The normalized spacial score (nSPS) is 24.6. The molecule has 1 aliphatic rings. The molecule has 0 aromatic carbocycles. The van der Waals surface area contributed by atoms with Crippen LogP contribution in [0.3, 0.4) is 0 Å². The third kappa shape index (κ3) is 4.49. The van der Waals surface area contributed by atoms with Crippen LogP contribution in [0.15, 0.2) is 0 Å². The summed E-state index contributed by atoms with van der Waals surface area (Å²) in [5.74, 6) is 0.940. The van der Waals surface area contributed by atoms with Crippen molar-refractivity contribution >= 4 is 0 Å². The molecule has 3 nitrogen and oxygen atoms in total. The van der Waals surface area contributed by atoms with Gasteiger partial charge in [-0.1, -0.05) is 13.3 Å². The van der Waals surface area contributed by atoms with Crippen LogP contribution in [0.2, 0.25) is 0 Å². The quantitative estimate of drug-likeness (QED) is 0.692. The van der Waals surface area contributed by atoms with Gasteiger partial charge in [0, 0.05) is 26.2 Å². The first-order valence-corrected chi connectivity index (χ1v) is 6.18. The van der Waals surface area contributed by atoms with Crippen LogP contribution >= 0.6 is 0 Å². The van der Waals surface area contributed by atoms with Gasteiger partial charge in [-0.25, -0.2) is 0 Å². The average molecular weight is 214 g/mol. The first-order valence-electron chi connectivity index (χ1n) is 6.18. The maximum Gasteiger partial charge on any atom is 0.0628 e. The fourth-order valence-electron chi connectivity index (χ4n) is 2.46. The van der Waals surface area contributed by atoms with E-state index in [1.54, 1.807) is 7.11 Å². The zero-order valence-corrected chi connectivity index (χ0v) is 10.5. The Morgan fingerprint density at radius 1 is 1.53 bits per heavy atom. The van der Waals surface area contributed by atoms with Crippen LogP contribution in [-0.4, -0.2) is 51.3 Å². The fraction of sp³-hybridized carbons (Fsp3) is 1.00. The number of nitrogens with zero attached hydrogens (tertiary/aromatic N) is 1. The highest BCUT2D eigenvalue weighted by Crippen LogP contribution is 2.20. The van der Waals surface area contributed by atoms with E-state index in [4.69, 9.17) is 4.74 Å². The highest BCUT2D eigenvalue weighted by atomic mass is 16.5. The van der Waals surface area contributed by atoms with E-state index in [1.165, 1.54) is 32.4 Å². The summed E-state index contributed by atoms with van der Waals surface area (Å²) in [6.07, 6.45) is 4.11. The molecule has 0 aromatic heterocycles. The van der Waals surface area contributed by atoms with E-state index in [9.17, 15) is 0 Å². The number of nitrogens with one attached hydrogen (secondary N) is 1. The van der Waals surface area contributed by atoms with Crippen molar-refractivity contribution in [2.24, 2.45) is 5.92 Å². The molecule has 0 bridgehead atoms. The van der Waals surface area contributed by atoms with Crippen molar-refractivity contribution < 1.29 is 4.74 Å². The lowest BCUT2D eigenvalue weighted by Crippen LogP contribution is -2.41. The van der Waals surface area contributed by atoms with E-state index >= 15 is 0 Å². The number of hydrogen-bond acceptors (Lipinski definition) is 3. The highest BCUT2D eigenvalue weighted by Gasteiger charge is 2.23. The second-order valence-corrected chi connectivity index (χ2v) is 4.64. The summed E-state index contributed by atoms with van der Waals surface area (Å²) in [6.45, 7) is 6.78. The van der Waals surface area contributed by atoms with Crippen molar-refractivity contribution in [2.45, 2.75) is 32.2 Å². The van der Waals surface area contributed by atoms with Gasteiger partial charge in [0.2, 0.25) is 0 Å². The van der Waals surface area contributed by atoms with Gasteiger partial charge in [0.15, 0.2) is 0 Å². The fourth-order valence-corrected chi connectivity index (χ4v) is 2.46. The van der Waals surface area contributed by atoms with Gasteiger partial charge in [-0.15, -0.1) is 0 Å². The summed E-state index contributed by atoms with van der Waals surface area (Å²) in [5, 5.41) is 3.31. The maximum absolute atomic E-state index is 5.19. The van der Waals surface area contributed by atoms with Crippen LogP contribution in [0.1, 0.15) is 26.2 Å². The van der Waals surface area contributed by atoms with Crippen LogP contribution < -0.4 is 5.32 Å². The van der Waals surface area contributed by atoms with Crippen molar-refractivity contribution in [3.05, 3.63) is 0 Å². The first kappa shape index (κ1) is 12.9. The summed E-state index contributed by atoms with van der Waals surface area (Å²) in [7, 11) is 3.79. The molecule has 0 radical (unpaired) electrons. The number of rotatable bonds is 7. The molecule has 1 N–H and O–H groups in total. The van der Waals surface area contributed by atoms with E-state index in [0.29, 0.717) is 6.04 Å². The Kier molecular flexibility index (Phi) is 6.22. The van der Waals surface area contributed by atoms with Crippen LogP contribution in [0.5, 0.6) is 0 Å². The predicted octanol–water partition coefficient (Wildman–Crippen LogP) is 1.34. The number of ether oxygens (including phenoxy) is 1. The number of methoxy groups -OCH3 is 1. The smallest absolute Gasteiger partial charge is 0.0628 e. The molecule has 1 aliphatic heterocycles. The van der Waals surface area contributed by atoms with Gasteiger partial charge in [0.1, 0.15) is 0 Å². The molecule has 1 rings (SSSR count). The Hall–Kier alpha value is -0.120. The highest BCUT2D eigenvalue weighted by molar-refractivity contribution is 4.79. The van der Waals surface area contributed by atoms with Gasteiger partial charge >= 0.3 is 0 Å². The number of likely N-dealkylation sites (N-methyl/N-ethyl adjacent to an activating group) is 1. The van der Waals surface area contributed by atoms with Gasteiger partial charge in [-0.05, 0) is 32.4 Å². The molecular formula is C12H26N2O. The Bertz CT molecular complexity index is 164. The zero-order valence-electron chi connectivity index (χ0n) is 10.5. The minimum atomic E-state index is 0.482. The predicted molar refractivity (Wildman–Crippen MR) is 64.2 cm³/mol. The molecule has 0 amide bonds. The first-order chi connectivity index (χ1) is 7.30. The van der Waals surface area contributed by atoms with E-state index in [-0.39, 0.29) is 0 Å². The van der Waals surface area contributed by atoms with Gasteiger partial charge in [0.05, 0.1) is 6.61 Å². The van der Waals surface area contributed by atoms with E-state index < -0.39 is 0 Å². The summed E-state index contributed by atoms with van der Waals surface area (Å²) >= 11 is 0. The van der Waals surface area contributed by atoms with Crippen molar-refractivity contribution in [1.82, 2.24) is 10.2 Å². The molecule has 0 saturated carbocycles. The second kappa shape index (κ2) is 7.20. The number of likely N-dealkylation sites (tertiary alicyclic amines) is 1. The van der Waals surface area contributed by atoms with Gasteiger partial charge in [-0.3, -0.25) is 0 Å². The zero-order chi connectivity index (χ0) is 11.1. The molecule has 2 unspecified atom stereocenters. The molecule has 2 atom stereocenters. The molecule has 90 valence electrons. The molecule has 0 spiro atoms. The van der Waals surface area contributed by atoms with Gasteiger partial charge in [-0.2, -0.15) is 0 Å². The minimum Gasteiger partial charge on any atom is -0.383 e. The Balaban J connectivity index is 2.21. The standard InChI is InChI=1S/C12H26N2O/c1-4-5-11-6-7-14(8-11)9-12(13-2)10-15-3/h11-13H,4-10H2,1-3H3. The van der Waals surface area contributed by atoms with E-state index in [0.717, 1.165) is 19.1 Å². The molecule has 3 heteroatoms. The summed E-state index contributed by atoms with van der Waals surface area (Å²) in [6, 6.07) is 0.482. The molecule has 0 aromatic rings. The van der Waals surface area contributed by atoms with Crippen molar-refractivity contribution in [1.29, 1.82) is 0 Å². The lowest BCUT2D eigenvalue weighted by atomic mass is 10.0. The second-order valence-electron chi connectivity index (χ2n) is 4.64. The monoisotopic (exact) mass is 214 g/mol. The summed E-state index contributed by atoms with van der Waals surface area (Å²) in [4.78, 5) is 2.57. The molecule has 1 heterocycles. The molecular weight excluding hydrogens is 188 g/mol. The van der Waals surface area contributed by atoms with Gasteiger partial charge < -0.3 is 15.0 Å². The topological polar surface area (TPSA) is 24.5 Å². The molecule has 1 saturated heterocycles. The SMILES string of the molecule is CCCC1CCN(CC(COC)NC)C1. The lowest BCUT2D eigenvalue weighted by molar-refractivity contribution is 0.147. The maximum atomic E-state index is 5.19. The molecule has 0 aliphatic carbocycles. The van der Waals surface area contributed by atoms with Crippen molar-refractivity contribution in [3.63, 3.8) is 0 Å². The third-order valence-corrected chi connectivity index (χ3v) is 3.32. The Morgan fingerprint density at radius 2 is 2.33 bits per heavy atom. The van der Waals surface area contributed by atoms with Crippen LogP contribution in [0, 0.1) is 5.92 Å². The van der Waals surface area contributed by atoms with Crippen LogP contribution in [0.25, 0.3) is 0 Å². The van der Waals surface area contributed by atoms with E-state index in [1.807, 2.05) is 7.05 Å². The molecule has 15 heavy (non-hydrogen) atoms. The third-order valence-electron chi connectivity index (χ3n) is 3.32. The summed E-state index contributed by atoms with van der Waals surface area (Å²) in [5.41, 5.74) is 0. The van der Waals surface area contributed by atoms with Crippen LogP contribution in [0.4, 0.5) is 0 Å². The largest absolute Gasteiger partial charge is 0.383 e. The Labute approximate surface area is 94.2 Å². The van der Waals surface area contributed by atoms with Gasteiger partial charge in [0.25, 0.3) is 0 Å². The molecule has 1 fully saturated rings. The average Bonchev–Trinajstić information content (AvgIpc) is 2.66. The lowest BCUT2D eigenvalue weighted by Gasteiger charge is -2.22. The van der Waals surface area contributed by atoms with Crippen molar-refractivity contribution in [2.75, 3.05) is 40.4 Å². The Morgan fingerprint density at radius 3 is 2.93 bits per heavy atom. The number of hydrogen-bond donors (Lipinski definition) is 1.